The number of hydrogen-bond donors (Lipinski definition) is 3. The highest BCUT2D eigenvalue weighted by molar-refractivity contribution is 7.92. The molecule has 0 radical (unpaired) electrons. The van der Waals surface area contributed by atoms with E-state index in [1.54, 1.807) is 12.3 Å². The van der Waals surface area contributed by atoms with Crippen LogP contribution >= 0.6 is 0 Å². The maximum absolute atomic E-state index is 13.9. The van der Waals surface area contributed by atoms with E-state index >= 15 is 0 Å². The number of halogens is 1. The number of benzene rings is 1. The van der Waals surface area contributed by atoms with Crippen LogP contribution in [0.15, 0.2) is 36.5 Å². The highest BCUT2D eigenvalue weighted by Crippen LogP contribution is 2.25. The number of sulfone groups is 1. The van der Waals surface area contributed by atoms with Crippen LogP contribution in [0.2, 0.25) is 0 Å². The molecule has 4 N–H and O–H groups in total. The fourth-order valence-electron chi connectivity index (χ4n) is 4.63. The SMILES string of the molecule is CC(CCN1Cc2cc(C#Cc3ccc(CN4CC[C@H](N)[C@@H](F)C4)cc3)cn2C1=O)(C(=O)NO)S(C)(=O)=O. The molecule has 0 bridgehead atoms. The fourth-order valence-corrected chi connectivity index (χ4v) is 5.47. The molecule has 2 amide bonds. The van der Waals surface area contributed by atoms with Crippen LogP contribution in [-0.4, -0.2) is 82.8 Å². The van der Waals surface area contributed by atoms with Gasteiger partial charge in [-0.2, -0.15) is 0 Å². The molecular formula is C26H32FN5O5S. The van der Waals surface area contributed by atoms with Crippen LogP contribution in [0.4, 0.5) is 9.18 Å². The van der Waals surface area contributed by atoms with E-state index in [-0.39, 0.29) is 31.6 Å². The lowest BCUT2D eigenvalue weighted by Gasteiger charge is -2.32. The number of rotatable bonds is 7. The molecule has 0 spiro atoms. The van der Waals surface area contributed by atoms with Gasteiger partial charge in [-0.15, -0.1) is 0 Å². The second-order valence-corrected chi connectivity index (χ2v) is 12.6. The monoisotopic (exact) mass is 545 g/mol. The molecule has 1 fully saturated rings. The first-order valence-electron chi connectivity index (χ1n) is 12.3. The van der Waals surface area contributed by atoms with Crippen LogP contribution in [0.1, 0.15) is 42.1 Å². The molecular weight excluding hydrogens is 513 g/mol. The molecule has 2 aromatic rings. The summed E-state index contributed by atoms with van der Waals surface area (Å²) in [7, 11) is -3.85. The highest BCUT2D eigenvalue weighted by Gasteiger charge is 2.44. The minimum atomic E-state index is -3.85. The lowest BCUT2D eigenvalue weighted by molar-refractivity contribution is -0.131. The Morgan fingerprint density at radius 2 is 1.95 bits per heavy atom. The molecule has 1 saturated heterocycles. The van der Waals surface area contributed by atoms with Gasteiger partial charge in [-0.1, -0.05) is 24.0 Å². The van der Waals surface area contributed by atoms with Crippen molar-refractivity contribution in [2.45, 2.75) is 49.8 Å². The molecule has 1 aromatic carbocycles. The summed E-state index contributed by atoms with van der Waals surface area (Å²) in [5.41, 5.74) is 10.4. The molecule has 4 rings (SSSR count). The largest absolute Gasteiger partial charge is 0.328 e. The number of carbonyl (C=O) groups is 2. The summed E-state index contributed by atoms with van der Waals surface area (Å²) in [6, 6.07) is 8.82. The van der Waals surface area contributed by atoms with E-state index in [4.69, 9.17) is 10.9 Å². The number of alkyl halides is 1. The van der Waals surface area contributed by atoms with E-state index in [9.17, 15) is 22.4 Å². The number of aromatic nitrogens is 1. The molecule has 0 saturated carbocycles. The van der Waals surface area contributed by atoms with Crippen LogP contribution in [0, 0.1) is 11.8 Å². The lowest BCUT2D eigenvalue weighted by atomic mass is 10.0. The van der Waals surface area contributed by atoms with Crippen molar-refractivity contribution in [3.05, 3.63) is 58.9 Å². The number of nitrogens with one attached hydrogen (secondary N) is 1. The Labute approximate surface area is 221 Å². The number of fused-ring (bicyclic) bond motifs is 1. The molecule has 2 aliphatic rings. The lowest BCUT2D eigenvalue weighted by Crippen LogP contribution is -2.50. The number of nitrogens with zero attached hydrogens (tertiary/aromatic N) is 3. The summed E-state index contributed by atoms with van der Waals surface area (Å²) in [4.78, 5) is 28.4. The minimum Gasteiger partial charge on any atom is -0.325 e. The van der Waals surface area contributed by atoms with Gasteiger partial charge in [-0.3, -0.25) is 19.5 Å². The zero-order chi connectivity index (χ0) is 27.7. The van der Waals surface area contributed by atoms with Gasteiger partial charge in [0.2, 0.25) is 0 Å². The van der Waals surface area contributed by atoms with Crippen molar-refractivity contribution >= 4 is 21.8 Å². The molecule has 1 aromatic heterocycles. The van der Waals surface area contributed by atoms with Crippen molar-refractivity contribution in [1.82, 2.24) is 19.8 Å². The maximum atomic E-state index is 13.9. The maximum Gasteiger partial charge on any atom is 0.328 e. The second kappa shape index (κ2) is 10.9. The van der Waals surface area contributed by atoms with Crippen molar-refractivity contribution in [2.75, 3.05) is 25.9 Å². The molecule has 3 atom stereocenters. The number of hydrogen-bond acceptors (Lipinski definition) is 7. The molecule has 204 valence electrons. The Balaban J connectivity index is 1.36. The summed E-state index contributed by atoms with van der Waals surface area (Å²) in [5, 5.41) is 8.97. The van der Waals surface area contributed by atoms with Crippen LogP contribution < -0.4 is 11.2 Å². The predicted octanol–water partition coefficient (Wildman–Crippen LogP) is 1.24. The molecule has 10 nitrogen and oxygen atoms in total. The van der Waals surface area contributed by atoms with Gasteiger partial charge in [-0.05, 0) is 43.5 Å². The van der Waals surface area contributed by atoms with Crippen LogP contribution in [0.3, 0.4) is 0 Å². The first-order chi connectivity index (χ1) is 17.9. The summed E-state index contributed by atoms with van der Waals surface area (Å²) >= 11 is 0. The van der Waals surface area contributed by atoms with Crippen LogP contribution in [0.5, 0.6) is 0 Å². The number of carbonyl (C=O) groups excluding carboxylic acids is 2. The van der Waals surface area contributed by atoms with Gasteiger partial charge >= 0.3 is 6.03 Å². The molecule has 1 unspecified atom stereocenters. The van der Waals surface area contributed by atoms with Gasteiger partial charge in [0.05, 0.1) is 6.54 Å². The van der Waals surface area contributed by atoms with E-state index in [1.807, 2.05) is 24.3 Å². The summed E-state index contributed by atoms with van der Waals surface area (Å²) in [6.45, 7) is 3.25. The molecule has 0 aliphatic carbocycles. The van der Waals surface area contributed by atoms with Gasteiger partial charge in [0.1, 0.15) is 6.17 Å². The zero-order valence-corrected chi connectivity index (χ0v) is 22.2. The third-order valence-corrected chi connectivity index (χ3v) is 9.40. The second-order valence-electron chi connectivity index (χ2n) is 10.1. The average molecular weight is 546 g/mol. The quantitative estimate of drug-likeness (QED) is 0.270. The Kier molecular flexibility index (Phi) is 7.94. The van der Waals surface area contributed by atoms with Crippen molar-refractivity contribution in [3.63, 3.8) is 0 Å². The number of piperidine rings is 1. The van der Waals surface area contributed by atoms with Gasteiger partial charge in [0.15, 0.2) is 14.6 Å². The van der Waals surface area contributed by atoms with Gasteiger partial charge in [0.25, 0.3) is 5.91 Å². The van der Waals surface area contributed by atoms with Crippen molar-refractivity contribution in [1.29, 1.82) is 0 Å². The molecule has 3 heterocycles. The standard InChI is InChI=1S/C26H32FN5O5S/c1-26(24(33)29-35,38(2,36)37)10-12-31-16-21-13-20(15-32(21)25(31)34)8-5-18-3-6-19(7-4-18)14-30-11-9-23(28)22(27)17-30/h3-4,6-7,13,15,22-23,35H,9-12,14,16-17,28H2,1-2H3,(H,29,33)/t22-,23-,26?/m0/s1. The summed E-state index contributed by atoms with van der Waals surface area (Å²) in [6.07, 6.45) is 2.02. The molecule has 12 heteroatoms. The predicted molar refractivity (Wildman–Crippen MR) is 139 cm³/mol. The van der Waals surface area contributed by atoms with Gasteiger partial charge in [-0.25, -0.2) is 23.1 Å². The van der Waals surface area contributed by atoms with Crippen LogP contribution in [0.25, 0.3) is 0 Å². The normalized spacial score (nSPS) is 21.4. The topological polar surface area (TPSA) is 138 Å². The number of nitrogens with two attached hydrogens (primary N) is 1. The Hall–Kier alpha value is -3.24. The average Bonchev–Trinajstić information content (AvgIpc) is 3.41. The van der Waals surface area contributed by atoms with E-state index in [1.165, 1.54) is 21.9 Å². The van der Waals surface area contributed by atoms with E-state index < -0.39 is 26.7 Å². The molecule has 2 aliphatic heterocycles. The third-order valence-electron chi connectivity index (χ3n) is 7.38. The smallest absolute Gasteiger partial charge is 0.325 e. The number of amides is 2. The Bertz CT molecular complexity index is 1380. The number of hydroxylamine groups is 1. The van der Waals surface area contributed by atoms with Crippen LogP contribution in [-0.2, 0) is 27.7 Å². The van der Waals surface area contributed by atoms with E-state index in [0.29, 0.717) is 30.8 Å². The van der Waals surface area contributed by atoms with Gasteiger partial charge in [0, 0.05) is 61.5 Å². The summed E-state index contributed by atoms with van der Waals surface area (Å²) < 4.78 is 37.8. The van der Waals surface area contributed by atoms with Crippen molar-refractivity contribution in [2.24, 2.45) is 5.73 Å². The number of likely N-dealkylation sites (tertiary alicyclic amines) is 1. The highest BCUT2D eigenvalue weighted by atomic mass is 32.2. The van der Waals surface area contributed by atoms with Crippen molar-refractivity contribution in [3.8, 4) is 11.8 Å². The third kappa shape index (κ3) is 5.76. The van der Waals surface area contributed by atoms with E-state index in [0.717, 1.165) is 23.9 Å². The minimum absolute atomic E-state index is 0.0150. The van der Waals surface area contributed by atoms with Crippen molar-refractivity contribution < 1.29 is 27.6 Å². The Morgan fingerprint density at radius 1 is 1.26 bits per heavy atom. The molecule has 38 heavy (non-hydrogen) atoms. The zero-order valence-electron chi connectivity index (χ0n) is 21.4. The fraction of sp³-hybridized carbons (Fsp3) is 0.462. The first kappa shape index (κ1) is 27.8. The Morgan fingerprint density at radius 3 is 2.55 bits per heavy atom. The van der Waals surface area contributed by atoms with E-state index in [2.05, 4.69) is 16.7 Å². The summed E-state index contributed by atoms with van der Waals surface area (Å²) in [5.74, 6) is 5.11. The van der Waals surface area contributed by atoms with Gasteiger partial charge < -0.3 is 10.6 Å². The first-order valence-corrected chi connectivity index (χ1v) is 14.2.